The number of benzene rings is 2. The Labute approximate surface area is 166 Å². The van der Waals surface area contributed by atoms with Gasteiger partial charge >= 0.3 is 0 Å². The van der Waals surface area contributed by atoms with Crippen molar-refractivity contribution in [2.24, 2.45) is 5.10 Å². The van der Waals surface area contributed by atoms with Gasteiger partial charge in [-0.1, -0.05) is 11.6 Å². The van der Waals surface area contributed by atoms with E-state index in [-0.39, 0.29) is 12.4 Å². The van der Waals surface area contributed by atoms with E-state index in [9.17, 15) is 9.90 Å². The smallest absolute Gasteiger partial charge is 0.277 e. The SMILES string of the molecule is COc1ccc(OCC(=O)N/N=C/c2cc(Cl)cc(Br)c2O)c(Br)c1. The number of nitrogens with one attached hydrogen (secondary N) is 1. The lowest BCUT2D eigenvalue weighted by Crippen LogP contribution is -2.24. The van der Waals surface area contributed by atoms with E-state index in [0.717, 1.165) is 0 Å². The van der Waals surface area contributed by atoms with E-state index < -0.39 is 5.91 Å². The minimum absolute atomic E-state index is 0.0270. The van der Waals surface area contributed by atoms with Crippen LogP contribution in [0, 0.1) is 0 Å². The normalized spacial score (nSPS) is 10.7. The summed E-state index contributed by atoms with van der Waals surface area (Å²) < 4.78 is 11.6. The predicted molar refractivity (Wildman–Crippen MR) is 103 cm³/mol. The number of rotatable bonds is 6. The number of phenolic OH excluding ortho intramolecular Hbond substituents is 1. The van der Waals surface area contributed by atoms with Gasteiger partial charge in [0.05, 0.1) is 22.3 Å². The molecule has 132 valence electrons. The molecule has 1 amide bonds. The summed E-state index contributed by atoms with van der Waals surface area (Å²) in [6.07, 6.45) is 1.28. The number of phenols is 1. The van der Waals surface area contributed by atoms with Gasteiger partial charge in [0.1, 0.15) is 17.2 Å². The van der Waals surface area contributed by atoms with Gasteiger partial charge in [-0.05, 0) is 62.2 Å². The highest BCUT2D eigenvalue weighted by Crippen LogP contribution is 2.30. The molecule has 0 unspecified atom stereocenters. The van der Waals surface area contributed by atoms with Gasteiger partial charge in [0.15, 0.2) is 6.61 Å². The van der Waals surface area contributed by atoms with E-state index in [2.05, 4.69) is 42.4 Å². The molecule has 25 heavy (non-hydrogen) atoms. The maximum Gasteiger partial charge on any atom is 0.277 e. The Hall–Kier alpha value is -1.77. The van der Waals surface area contributed by atoms with Gasteiger partial charge in [-0.15, -0.1) is 0 Å². The third kappa shape index (κ3) is 5.62. The molecule has 0 fully saturated rings. The number of methoxy groups -OCH3 is 1. The molecule has 0 heterocycles. The molecule has 0 bridgehead atoms. The van der Waals surface area contributed by atoms with Gasteiger partial charge in [0.2, 0.25) is 0 Å². The van der Waals surface area contributed by atoms with Crippen LogP contribution < -0.4 is 14.9 Å². The molecule has 6 nitrogen and oxygen atoms in total. The Bertz CT molecular complexity index is 815. The molecule has 2 aromatic carbocycles. The topological polar surface area (TPSA) is 80.2 Å². The minimum Gasteiger partial charge on any atom is -0.506 e. The molecular formula is C16H13Br2ClN2O4. The second-order valence-electron chi connectivity index (χ2n) is 4.70. The van der Waals surface area contributed by atoms with Gasteiger partial charge in [-0.25, -0.2) is 5.43 Å². The molecule has 2 rings (SSSR count). The predicted octanol–water partition coefficient (Wildman–Crippen LogP) is 4.11. The highest BCUT2D eigenvalue weighted by molar-refractivity contribution is 9.10. The molecule has 2 N–H and O–H groups in total. The first kappa shape index (κ1) is 19.6. The van der Waals surface area contributed by atoms with Crippen molar-refractivity contribution >= 4 is 55.6 Å². The maximum absolute atomic E-state index is 11.8. The second kappa shape index (κ2) is 9.07. The summed E-state index contributed by atoms with van der Waals surface area (Å²) in [6, 6.07) is 8.19. The van der Waals surface area contributed by atoms with Crippen LogP contribution in [0.1, 0.15) is 5.56 Å². The summed E-state index contributed by atoms with van der Waals surface area (Å²) in [5.74, 6) is 0.678. The lowest BCUT2D eigenvalue weighted by molar-refractivity contribution is -0.123. The van der Waals surface area contributed by atoms with Crippen molar-refractivity contribution in [3.05, 3.63) is 49.9 Å². The van der Waals surface area contributed by atoms with E-state index in [4.69, 9.17) is 21.1 Å². The zero-order valence-corrected chi connectivity index (χ0v) is 16.9. The van der Waals surface area contributed by atoms with Crippen LogP contribution >= 0.6 is 43.5 Å². The van der Waals surface area contributed by atoms with Crippen molar-refractivity contribution in [2.75, 3.05) is 13.7 Å². The van der Waals surface area contributed by atoms with Crippen molar-refractivity contribution in [2.45, 2.75) is 0 Å². The van der Waals surface area contributed by atoms with E-state index in [1.54, 1.807) is 31.4 Å². The van der Waals surface area contributed by atoms with Crippen LogP contribution in [0.5, 0.6) is 17.2 Å². The number of carbonyl (C=O) groups is 1. The molecule has 2 aromatic rings. The van der Waals surface area contributed by atoms with Crippen LogP contribution in [0.15, 0.2) is 44.4 Å². The highest BCUT2D eigenvalue weighted by Gasteiger charge is 2.08. The molecule has 0 aliphatic rings. The standard InChI is InChI=1S/C16H13Br2ClN2O4/c1-24-11-2-3-14(12(17)6-11)25-8-15(22)21-20-7-9-4-10(19)5-13(18)16(9)23/h2-7,23H,8H2,1H3,(H,21,22)/b20-7+. The number of aromatic hydroxyl groups is 1. The van der Waals surface area contributed by atoms with Crippen molar-refractivity contribution < 1.29 is 19.4 Å². The van der Waals surface area contributed by atoms with Crippen molar-refractivity contribution in [1.29, 1.82) is 0 Å². The quantitative estimate of drug-likeness (QED) is 0.470. The fourth-order valence-corrected chi connectivity index (χ4v) is 3.07. The number of ether oxygens (including phenoxy) is 2. The number of halogens is 3. The van der Waals surface area contributed by atoms with Crippen molar-refractivity contribution in [3.8, 4) is 17.2 Å². The Balaban J connectivity index is 1.91. The number of amides is 1. The fraction of sp³-hybridized carbons (Fsp3) is 0.125. The summed E-state index contributed by atoms with van der Waals surface area (Å²) in [6.45, 7) is -0.229. The van der Waals surface area contributed by atoms with Gasteiger partial charge < -0.3 is 14.6 Å². The number of hydrogen-bond donors (Lipinski definition) is 2. The largest absolute Gasteiger partial charge is 0.506 e. The third-order valence-electron chi connectivity index (χ3n) is 2.95. The summed E-state index contributed by atoms with van der Waals surface area (Å²) in [4.78, 5) is 11.8. The molecule has 0 atom stereocenters. The first-order valence-electron chi connectivity index (χ1n) is 6.87. The molecule has 0 spiro atoms. The number of carbonyl (C=O) groups excluding carboxylic acids is 1. The Kier molecular flexibility index (Phi) is 7.10. The van der Waals surface area contributed by atoms with Gasteiger partial charge in [0.25, 0.3) is 5.91 Å². The van der Waals surface area contributed by atoms with E-state index in [1.807, 2.05) is 0 Å². The molecule has 9 heteroatoms. The molecule has 0 saturated carbocycles. The number of hydrazone groups is 1. The monoisotopic (exact) mass is 490 g/mol. The van der Waals surface area contributed by atoms with Gasteiger partial charge in [-0.2, -0.15) is 5.10 Å². The fourth-order valence-electron chi connectivity index (χ4n) is 1.76. The third-order valence-corrected chi connectivity index (χ3v) is 4.39. The van der Waals surface area contributed by atoms with Crippen LogP contribution in [0.4, 0.5) is 0 Å². The van der Waals surface area contributed by atoms with E-state index in [1.165, 1.54) is 12.3 Å². The molecule has 0 aliphatic carbocycles. The minimum atomic E-state index is -0.459. The lowest BCUT2D eigenvalue weighted by Gasteiger charge is -2.08. The summed E-state index contributed by atoms with van der Waals surface area (Å²) >= 11 is 12.4. The first-order valence-corrected chi connectivity index (χ1v) is 8.83. The second-order valence-corrected chi connectivity index (χ2v) is 6.85. The van der Waals surface area contributed by atoms with Crippen molar-refractivity contribution in [1.82, 2.24) is 5.43 Å². The zero-order chi connectivity index (χ0) is 18.4. The maximum atomic E-state index is 11.8. The lowest BCUT2D eigenvalue weighted by atomic mass is 10.2. The molecule has 0 aromatic heterocycles. The summed E-state index contributed by atoms with van der Waals surface area (Å²) in [7, 11) is 1.56. The molecule has 0 saturated heterocycles. The van der Waals surface area contributed by atoms with Crippen LogP contribution in [0.25, 0.3) is 0 Å². The van der Waals surface area contributed by atoms with Crippen LogP contribution in [0.2, 0.25) is 5.02 Å². The van der Waals surface area contributed by atoms with Gasteiger partial charge in [-0.3, -0.25) is 4.79 Å². The summed E-state index contributed by atoms with van der Waals surface area (Å²) in [5.41, 5.74) is 2.67. The Morgan fingerprint density at radius 2 is 2.08 bits per heavy atom. The van der Waals surface area contributed by atoms with Crippen LogP contribution in [-0.2, 0) is 4.79 Å². The Morgan fingerprint density at radius 3 is 2.76 bits per heavy atom. The van der Waals surface area contributed by atoms with Crippen molar-refractivity contribution in [3.63, 3.8) is 0 Å². The van der Waals surface area contributed by atoms with Crippen LogP contribution in [-0.4, -0.2) is 30.9 Å². The highest BCUT2D eigenvalue weighted by atomic mass is 79.9. The van der Waals surface area contributed by atoms with Gasteiger partial charge in [0, 0.05) is 10.6 Å². The average Bonchev–Trinajstić information content (AvgIpc) is 2.57. The van der Waals surface area contributed by atoms with E-state index >= 15 is 0 Å². The van der Waals surface area contributed by atoms with E-state index in [0.29, 0.717) is 31.0 Å². The first-order chi connectivity index (χ1) is 11.9. The molecule has 0 aliphatic heterocycles. The average molecular weight is 493 g/mol. The number of hydrogen-bond acceptors (Lipinski definition) is 5. The Morgan fingerprint density at radius 1 is 1.32 bits per heavy atom. The zero-order valence-electron chi connectivity index (χ0n) is 12.9. The number of nitrogens with zero attached hydrogens (tertiary/aromatic N) is 1. The molecule has 0 radical (unpaired) electrons. The van der Waals surface area contributed by atoms with Crippen LogP contribution in [0.3, 0.4) is 0 Å². The molecular weight excluding hydrogens is 479 g/mol. The summed E-state index contributed by atoms with van der Waals surface area (Å²) in [5, 5.41) is 14.1.